The van der Waals surface area contributed by atoms with Gasteiger partial charge in [0.25, 0.3) is 5.56 Å². The molecule has 2 aromatic heterocycles. The first-order valence-electron chi connectivity index (χ1n) is 9.07. The minimum absolute atomic E-state index is 0.154. The lowest BCUT2D eigenvalue weighted by molar-refractivity contribution is -0.121. The van der Waals surface area contributed by atoms with Gasteiger partial charge in [-0.1, -0.05) is 6.07 Å². The molecular formula is C21H22N4O4. The quantitative estimate of drug-likeness (QED) is 0.625. The maximum atomic E-state index is 12.3. The van der Waals surface area contributed by atoms with Crippen LogP contribution in [0, 0.1) is 0 Å². The van der Waals surface area contributed by atoms with Gasteiger partial charge in [0.2, 0.25) is 5.91 Å². The highest BCUT2D eigenvalue weighted by atomic mass is 16.5. The average Bonchev–Trinajstić information content (AvgIpc) is 2.75. The van der Waals surface area contributed by atoms with Gasteiger partial charge in [0, 0.05) is 30.6 Å². The van der Waals surface area contributed by atoms with Gasteiger partial charge in [0.15, 0.2) is 11.5 Å². The molecular weight excluding hydrogens is 372 g/mol. The van der Waals surface area contributed by atoms with E-state index in [0.717, 1.165) is 15.8 Å². The predicted molar refractivity (Wildman–Crippen MR) is 108 cm³/mol. The smallest absolute Gasteiger partial charge is 0.267 e. The Labute approximate surface area is 168 Å². The minimum Gasteiger partial charge on any atom is -0.493 e. The van der Waals surface area contributed by atoms with Gasteiger partial charge in [-0.15, -0.1) is 0 Å². The number of carbonyl (C=O) groups excluding carboxylic acids is 1. The number of aromatic nitrogens is 3. The number of ether oxygens (including phenoxy) is 2. The van der Waals surface area contributed by atoms with Crippen molar-refractivity contribution in [2.24, 2.45) is 0 Å². The van der Waals surface area contributed by atoms with Gasteiger partial charge in [-0.25, -0.2) is 4.68 Å². The highest BCUT2D eigenvalue weighted by Crippen LogP contribution is 2.27. The van der Waals surface area contributed by atoms with Gasteiger partial charge < -0.3 is 14.8 Å². The SMILES string of the molecule is COc1ccc(CCNC(=O)Cn2nc(-c3cccnc3)ccc2=O)cc1OC. The first-order chi connectivity index (χ1) is 14.1. The number of methoxy groups -OCH3 is 2. The van der Waals surface area contributed by atoms with Crippen LogP contribution in [0.15, 0.2) is 59.7 Å². The molecule has 1 amide bonds. The summed E-state index contributed by atoms with van der Waals surface area (Å²) in [7, 11) is 3.16. The number of nitrogens with one attached hydrogen (secondary N) is 1. The van der Waals surface area contributed by atoms with Gasteiger partial charge in [-0.2, -0.15) is 5.10 Å². The van der Waals surface area contributed by atoms with E-state index in [4.69, 9.17) is 9.47 Å². The summed E-state index contributed by atoms with van der Waals surface area (Å²) < 4.78 is 11.6. The van der Waals surface area contributed by atoms with Gasteiger partial charge in [-0.05, 0) is 42.3 Å². The van der Waals surface area contributed by atoms with Crippen LogP contribution in [0.1, 0.15) is 5.56 Å². The lowest BCUT2D eigenvalue weighted by Crippen LogP contribution is -2.34. The number of carbonyl (C=O) groups is 1. The van der Waals surface area contributed by atoms with Crippen LogP contribution in [0.25, 0.3) is 11.3 Å². The molecule has 0 fully saturated rings. The first-order valence-corrected chi connectivity index (χ1v) is 9.07. The van der Waals surface area contributed by atoms with Crippen molar-refractivity contribution in [3.05, 3.63) is 70.8 Å². The van der Waals surface area contributed by atoms with E-state index in [-0.39, 0.29) is 18.0 Å². The summed E-state index contributed by atoms with van der Waals surface area (Å²) in [5.41, 5.74) is 2.01. The molecule has 1 aromatic carbocycles. The monoisotopic (exact) mass is 394 g/mol. The average molecular weight is 394 g/mol. The zero-order chi connectivity index (χ0) is 20.6. The Morgan fingerprint density at radius 2 is 1.93 bits per heavy atom. The molecule has 0 unspecified atom stereocenters. The Hall–Kier alpha value is -3.68. The third-order valence-electron chi connectivity index (χ3n) is 4.30. The number of hydrogen-bond donors (Lipinski definition) is 1. The van der Waals surface area contributed by atoms with Crippen molar-refractivity contribution in [2.45, 2.75) is 13.0 Å². The molecule has 3 aromatic rings. The normalized spacial score (nSPS) is 10.4. The molecule has 8 nitrogen and oxygen atoms in total. The maximum absolute atomic E-state index is 12.3. The molecule has 0 saturated heterocycles. The Balaban J connectivity index is 1.59. The van der Waals surface area contributed by atoms with Crippen molar-refractivity contribution in [3.63, 3.8) is 0 Å². The van der Waals surface area contributed by atoms with E-state index >= 15 is 0 Å². The van der Waals surface area contributed by atoms with Crippen molar-refractivity contribution >= 4 is 5.91 Å². The van der Waals surface area contributed by atoms with E-state index in [2.05, 4.69) is 15.4 Å². The van der Waals surface area contributed by atoms with Gasteiger partial charge in [0.1, 0.15) is 6.54 Å². The molecule has 0 radical (unpaired) electrons. The summed E-state index contributed by atoms with van der Waals surface area (Å²) in [4.78, 5) is 28.3. The van der Waals surface area contributed by atoms with E-state index in [1.54, 1.807) is 38.7 Å². The number of hydrogen-bond acceptors (Lipinski definition) is 6. The number of pyridine rings is 1. The zero-order valence-corrected chi connectivity index (χ0v) is 16.3. The van der Waals surface area contributed by atoms with E-state index in [1.807, 2.05) is 24.3 Å². The third kappa shape index (κ3) is 5.19. The number of benzene rings is 1. The largest absolute Gasteiger partial charge is 0.493 e. The lowest BCUT2D eigenvalue weighted by atomic mass is 10.1. The fourth-order valence-corrected chi connectivity index (χ4v) is 2.80. The van der Waals surface area contributed by atoms with Crippen LogP contribution in [-0.2, 0) is 17.8 Å². The van der Waals surface area contributed by atoms with E-state index in [9.17, 15) is 9.59 Å². The molecule has 3 rings (SSSR count). The molecule has 0 saturated carbocycles. The van der Waals surface area contributed by atoms with Crippen LogP contribution >= 0.6 is 0 Å². The zero-order valence-electron chi connectivity index (χ0n) is 16.3. The Kier molecular flexibility index (Phi) is 6.57. The van der Waals surface area contributed by atoms with Crippen molar-refractivity contribution < 1.29 is 14.3 Å². The molecule has 0 aliphatic rings. The van der Waals surface area contributed by atoms with Crippen LogP contribution in [0.5, 0.6) is 11.5 Å². The fourth-order valence-electron chi connectivity index (χ4n) is 2.80. The van der Waals surface area contributed by atoms with Crippen LogP contribution in [0.2, 0.25) is 0 Å². The molecule has 8 heteroatoms. The second kappa shape index (κ2) is 9.50. The fraction of sp³-hybridized carbons (Fsp3) is 0.238. The summed E-state index contributed by atoms with van der Waals surface area (Å²) in [6, 6.07) is 12.2. The summed E-state index contributed by atoms with van der Waals surface area (Å²) in [6.07, 6.45) is 3.93. The van der Waals surface area contributed by atoms with Crippen LogP contribution in [-0.4, -0.2) is 41.4 Å². The molecule has 29 heavy (non-hydrogen) atoms. The molecule has 1 N–H and O–H groups in total. The van der Waals surface area contributed by atoms with Crippen molar-refractivity contribution in [3.8, 4) is 22.8 Å². The van der Waals surface area contributed by atoms with Crippen molar-refractivity contribution in [1.82, 2.24) is 20.1 Å². The Morgan fingerprint density at radius 3 is 2.66 bits per heavy atom. The van der Waals surface area contributed by atoms with Crippen molar-refractivity contribution in [1.29, 1.82) is 0 Å². The van der Waals surface area contributed by atoms with Gasteiger partial charge in [-0.3, -0.25) is 14.6 Å². The van der Waals surface area contributed by atoms with E-state index < -0.39 is 0 Å². The molecule has 0 aliphatic carbocycles. The minimum atomic E-state index is -0.340. The van der Waals surface area contributed by atoms with Crippen LogP contribution in [0.4, 0.5) is 0 Å². The van der Waals surface area contributed by atoms with Crippen LogP contribution < -0.4 is 20.3 Å². The summed E-state index contributed by atoms with van der Waals surface area (Å²) >= 11 is 0. The van der Waals surface area contributed by atoms with E-state index in [0.29, 0.717) is 30.2 Å². The highest BCUT2D eigenvalue weighted by molar-refractivity contribution is 5.75. The Morgan fingerprint density at radius 1 is 1.10 bits per heavy atom. The van der Waals surface area contributed by atoms with Gasteiger partial charge >= 0.3 is 0 Å². The number of rotatable bonds is 8. The lowest BCUT2D eigenvalue weighted by Gasteiger charge is -2.10. The third-order valence-corrected chi connectivity index (χ3v) is 4.30. The second-order valence-electron chi connectivity index (χ2n) is 6.25. The molecule has 2 heterocycles. The van der Waals surface area contributed by atoms with Crippen LogP contribution in [0.3, 0.4) is 0 Å². The molecule has 0 aliphatic heterocycles. The first kappa shape index (κ1) is 20.1. The summed E-state index contributed by atoms with van der Waals surface area (Å²) in [5.74, 6) is 1.00. The van der Waals surface area contributed by atoms with Crippen molar-refractivity contribution in [2.75, 3.05) is 20.8 Å². The number of amides is 1. The summed E-state index contributed by atoms with van der Waals surface area (Å²) in [5, 5.41) is 7.07. The highest BCUT2D eigenvalue weighted by Gasteiger charge is 2.09. The standard InChI is InChI=1S/C21H22N4O4/c1-28-18-7-5-15(12-19(18)29-2)9-11-23-20(26)14-25-21(27)8-6-17(24-25)16-4-3-10-22-13-16/h3-8,10,12-13H,9,11,14H2,1-2H3,(H,23,26). The summed E-state index contributed by atoms with van der Waals surface area (Å²) in [6.45, 7) is 0.268. The molecule has 0 bridgehead atoms. The Bertz CT molecular complexity index is 1030. The maximum Gasteiger partial charge on any atom is 0.267 e. The topological polar surface area (TPSA) is 95.3 Å². The second-order valence-corrected chi connectivity index (χ2v) is 6.25. The molecule has 150 valence electrons. The number of nitrogens with zero attached hydrogens (tertiary/aromatic N) is 3. The molecule has 0 atom stereocenters. The van der Waals surface area contributed by atoms with Gasteiger partial charge in [0.05, 0.1) is 19.9 Å². The molecule has 0 spiro atoms. The predicted octanol–water partition coefficient (Wildman–Crippen LogP) is 1.68. The van der Waals surface area contributed by atoms with E-state index in [1.165, 1.54) is 6.07 Å².